The Bertz CT molecular complexity index is 137. The maximum absolute atomic E-state index is 10.8. The van der Waals surface area contributed by atoms with Gasteiger partial charge in [0.15, 0.2) is 0 Å². The van der Waals surface area contributed by atoms with Gasteiger partial charge in [0.05, 0.1) is 0 Å². The number of carbonyl (C=O) groups is 1. The predicted octanol–water partition coefficient (Wildman–Crippen LogP) is 0.849. The van der Waals surface area contributed by atoms with E-state index in [0.29, 0.717) is 0 Å². The summed E-state index contributed by atoms with van der Waals surface area (Å²) in [5, 5.41) is 10.9. The summed E-state index contributed by atoms with van der Waals surface area (Å²) in [5.41, 5.74) is -0.515. The van der Waals surface area contributed by atoms with E-state index in [0.717, 1.165) is 0 Å². The Morgan fingerprint density at radius 2 is 2.00 bits per heavy atom. The van der Waals surface area contributed by atoms with Crippen LogP contribution in [-0.4, -0.2) is 23.0 Å². The van der Waals surface area contributed by atoms with E-state index in [1.54, 1.807) is 20.8 Å². The Hall–Kier alpha value is -0.770. The van der Waals surface area contributed by atoms with Crippen molar-refractivity contribution in [2.24, 2.45) is 0 Å². The number of hydrogen-bond donors (Lipinski definition) is 2. The summed E-state index contributed by atoms with van der Waals surface area (Å²) in [7, 11) is 0. The molecule has 0 aliphatic rings. The van der Waals surface area contributed by atoms with Crippen molar-refractivity contribution in [3.8, 4) is 0 Å². The van der Waals surface area contributed by atoms with E-state index in [-0.39, 0.29) is 0 Å². The van der Waals surface area contributed by atoms with E-state index in [4.69, 9.17) is 9.84 Å². The Balaban J connectivity index is 3.71. The molecule has 1 atom stereocenters. The number of nitrogens with one attached hydrogen (secondary N) is 1. The van der Waals surface area contributed by atoms with Crippen LogP contribution in [0.3, 0.4) is 0 Å². The zero-order valence-electron chi connectivity index (χ0n) is 7.34. The summed E-state index contributed by atoms with van der Waals surface area (Å²) in [6, 6.07) is 0. The van der Waals surface area contributed by atoms with Gasteiger partial charge >= 0.3 is 6.09 Å². The van der Waals surface area contributed by atoms with Gasteiger partial charge in [0.1, 0.15) is 11.8 Å². The average Bonchev–Trinajstić information content (AvgIpc) is 1.53. The van der Waals surface area contributed by atoms with Gasteiger partial charge < -0.3 is 9.84 Å². The molecule has 0 heterocycles. The van der Waals surface area contributed by atoms with Gasteiger partial charge in [0.2, 0.25) is 0 Å². The highest BCUT2D eigenvalue weighted by molar-refractivity contribution is 5.67. The summed E-state index contributed by atoms with van der Waals surface area (Å²) in [6.07, 6.45) is -1.47. The Morgan fingerprint density at radius 3 is 2.27 bits per heavy atom. The van der Waals surface area contributed by atoms with Gasteiger partial charge in [-0.3, -0.25) is 5.32 Å². The number of aliphatic hydroxyl groups is 1. The minimum absolute atomic E-state index is 0.515. The van der Waals surface area contributed by atoms with E-state index < -0.39 is 17.9 Å². The van der Waals surface area contributed by atoms with Crippen molar-refractivity contribution in [1.82, 2.24) is 5.32 Å². The van der Waals surface area contributed by atoms with E-state index >= 15 is 0 Å². The number of amides is 1. The molecule has 0 rings (SSSR count). The fourth-order valence-electron chi connectivity index (χ4n) is 0.478. The maximum atomic E-state index is 10.8. The van der Waals surface area contributed by atoms with Crippen LogP contribution >= 0.6 is 0 Å². The first-order chi connectivity index (χ1) is 4.81. The number of ether oxygens (including phenoxy) is 1. The number of carbonyl (C=O) groups excluding carboxylic acids is 1. The Morgan fingerprint density at radius 1 is 1.55 bits per heavy atom. The molecule has 0 spiro atoms. The van der Waals surface area contributed by atoms with Gasteiger partial charge in [-0.25, -0.2) is 4.79 Å². The van der Waals surface area contributed by atoms with E-state index in [1.807, 2.05) is 0 Å². The van der Waals surface area contributed by atoms with Crippen molar-refractivity contribution in [2.45, 2.75) is 39.5 Å². The van der Waals surface area contributed by atoms with E-state index in [2.05, 4.69) is 5.32 Å². The fourth-order valence-corrected chi connectivity index (χ4v) is 0.478. The van der Waals surface area contributed by atoms with Gasteiger partial charge in [0.25, 0.3) is 0 Å². The quantitative estimate of drug-likeness (QED) is 0.560. The zero-order chi connectivity index (χ0) is 9.07. The van der Waals surface area contributed by atoms with Gasteiger partial charge in [-0.15, -0.1) is 0 Å². The Labute approximate surface area is 66.5 Å². The second-order valence-corrected chi connectivity index (χ2v) is 3.32. The molecule has 0 aromatic carbocycles. The molecule has 4 heteroatoms. The first kappa shape index (κ1) is 10.2. The lowest BCUT2D eigenvalue weighted by Gasteiger charge is -2.20. The molecule has 0 saturated carbocycles. The third-order valence-electron chi connectivity index (χ3n) is 0.726. The molecule has 0 aliphatic heterocycles. The van der Waals surface area contributed by atoms with Crippen LogP contribution in [0.4, 0.5) is 4.79 Å². The fraction of sp³-hybridized carbons (Fsp3) is 0.857. The second-order valence-electron chi connectivity index (χ2n) is 3.32. The Kier molecular flexibility index (Phi) is 3.32. The summed E-state index contributed by atoms with van der Waals surface area (Å²) in [5.74, 6) is 0. The highest BCUT2D eigenvalue weighted by Crippen LogP contribution is 2.06. The van der Waals surface area contributed by atoms with Crippen LogP contribution in [0.2, 0.25) is 0 Å². The predicted molar refractivity (Wildman–Crippen MR) is 41.1 cm³/mol. The van der Waals surface area contributed by atoms with Crippen LogP contribution in [0.1, 0.15) is 27.7 Å². The van der Waals surface area contributed by atoms with Crippen LogP contribution < -0.4 is 5.32 Å². The molecule has 0 bridgehead atoms. The van der Waals surface area contributed by atoms with Crippen molar-refractivity contribution in [1.29, 1.82) is 0 Å². The van der Waals surface area contributed by atoms with Crippen LogP contribution in [0.25, 0.3) is 0 Å². The largest absolute Gasteiger partial charge is 0.444 e. The molecule has 66 valence electrons. The molecular weight excluding hydrogens is 146 g/mol. The van der Waals surface area contributed by atoms with Gasteiger partial charge in [-0.05, 0) is 27.7 Å². The number of hydrogen-bond acceptors (Lipinski definition) is 3. The van der Waals surface area contributed by atoms with Crippen LogP contribution in [0, 0.1) is 0 Å². The third-order valence-corrected chi connectivity index (χ3v) is 0.726. The van der Waals surface area contributed by atoms with Crippen LogP contribution in [0.5, 0.6) is 0 Å². The molecule has 4 nitrogen and oxygen atoms in total. The van der Waals surface area contributed by atoms with Gasteiger partial charge in [-0.1, -0.05) is 0 Å². The molecule has 1 unspecified atom stereocenters. The van der Waals surface area contributed by atoms with Crippen LogP contribution in [-0.2, 0) is 4.74 Å². The lowest BCUT2D eigenvalue weighted by Crippen LogP contribution is -2.37. The number of aliphatic hydroxyl groups excluding tert-OH is 1. The second kappa shape index (κ2) is 3.57. The first-order valence-electron chi connectivity index (χ1n) is 3.49. The van der Waals surface area contributed by atoms with E-state index in [9.17, 15) is 4.79 Å². The van der Waals surface area contributed by atoms with Crippen molar-refractivity contribution in [3.05, 3.63) is 0 Å². The number of rotatable bonds is 1. The summed E-state index contributed by atoms with van der Waals surface area (Å²) >= 11 is 0. The van der Waals surface area contributed by atoms with Gasteiger partial charge in [0, 0.05) is 0 Å². The van der Waals surface area contributed by atoms with Crippen molar-refractivity contribution in [3.63, 3.8) is 0 Å². The normalized spacial score (nSPS) is 13.9. The monoisotopic (exact) mass is 161 g/mol. The average molecular weight is 161 g/mol. The molecular formula is C7H15NO3. The molecule has 0 fully saturated rings. The smallest absolute Gasteiger partial charge is 0.409 e. The lowest BCUT2D eigenvalue weighted by molar-refractivity contribution is 0.0386. The van der Waals surface area contributed by atoms with Gasteiger partial charge in [-0.2, -0.15) is 0 Å². The molecule has 0 radical (unpaired) electrons. The summed E-state index contributed by atoms with van der Waals surface area (Å²) in [4.78, 5) is 10.8. The molecule has 0 aromatic heterocycles. The van der Waals surface area contributed by atoms with Crippen molar-refractivity contribution >= 4 is 6.09 Å². The zero-order valence-corrected chi connectivity index (χ0v) is 7.34. The van der Waals surface area contributed by atoms with Crippen molar-refractivity contribution in [2.75, 3.05) is 0 Å². The molecule has 2 N–H and O–H groups in total. The standard InChI is InChI=1S/C7H15NO3/c1-5(9)8-6(10)11-7(2,3)4/h5,9H,1-4H3,(H,8,10). The molecule has 0 saturated heterocycles. The third kappa shape index (κ3) is 7.12. The van der Waals surface area contributed by atoms with E-state index in [1.165, 1.54) is 6.92 Å². The number of alkyl carbamates (subject to hydrolysis) is 1. The van der Waals surface area contributed by atoms with Crippen LogP contribution in [0.15, 0.2) is 0 Å². The maximum Gasteiger partial charge on any atom is 0.409 e. The highest BCUT2D eigenvalue weighted by atomic mass is 16.6. The summed E-state index contributed by atoms with van der Waals surface area (Å²) < 4.78 is 4.84. The first-order valence-corrected chi connectivity index (χ1v) is 3.49. The molecule has 11 heavy (non-hydrogen) atoms. The van der Waals surface area contributed by atoms with Crippen molar-refractivity contribution < 1.29 is 14.6 Å². The highest BCUT2D eigenvalue weighted by Gasteiger charge is 2.16. The summed E-state index contributed by atoms with van der Waals surface area (Å²) in [6.45, 7) is 6.72. The molecule has 1 amide bonds. The SMILES string of the molecule is CC(O)NC(=O)OC(C)(C)C. The minimum atomic E-state index is -0.871. The topological polar surface area (TPSA) is 58.6 Å². The molecule has 0 aromatic rings. The molecule has 0 aliphatic carbocycles. The lowest BCUT2D eigenvalue weighted by atomic mass is 10.2. The minimum Gasteiger partial charge on any atom is -0.444 e.